The summed E-state index contributed by atoms with van der Waals surface area (Å²) in [5.41, 5.74) is 0. The summed E-state index contributed by atoms with van der Waals surface area (Å²) in [6, 6.07) is -0.629. The maximum atomic E-state index is 12.5. The second-order valence-corrected chi connectivity index (χ2v) is 24.2. The number of esters is 1. The first-order valence-corrected chi connectivity index (χ1v) is 35.0. The third-order valence-corrected chi connectivity index (χ3v) is 16.6. The van der Waals surface area contributed by atoms with Crippen molar-refractivity contribution in [3.05, 3.63) is 12.2 Å². The van der Waals surface area contributed by atoms with E-state index in [4.69, 9.17) is 4.74 Å². The Morgan fingerprint density at radius 2 is 0.605 bits per heavy atom. The number of hydrogen-bond donors (Lipinski definition) is 3. The maximum Gasteiger partial charge on any atom is 0.305 e. The fourth-order valence-corrected chi connectivity index (χ4v) is 11.2. The molecule has 452 valence electrons. The van der Waals surface area contributed by atoms with Gasteiger partial charge in [-0.1, -0.05) is 366 Å². The SMILES string of the molecule is CCCCCCCCCCCCCCCCCCCCC/C=C/C(O)C(CO)NC(=O)CCCCCCCCCCCCCCCCCCCCCCCOC(=O)CCCCCCCCCCCCCCCCCCC. The molecule has 0 aliphatic heterocycles. The van der Waals surface area contributed by atoms with Crippen molar-refractivity contribution in [2.24, 2.45) is 0 Å². The molecule has 0 radical (unpaired) electrons. The number of rotatable bonds is 66. The molecule has 0 aromatic rings. The first-order valence-electron chi connectivity index (χ1n) is 35.0. The Morgan fingerprint density at radius 1 is 0.355 bits per heavy atom. The summed E-state index contributed by atoms with van der Waals surface area (Å²) in [7, 11) is 0. The number of nitrogens with one attached hydrogen (secondary N) is 1. The summed E-state index contributed by atoms with van der Waals surface area (Å²) in [5, 5.41) is 23.2. The predicted molar refractivity (Wildman–Crippen MR) is 333 cm³/mol. The average molecular weight is 1070 g/mol. The van der Waals surface area contributed by atoms with Gasteiger partial charge in [0.1, 0.15) is 0 Å². The maximum absolute atomic E-state index is 12.5. The van der Waals surface area contributed by atoms with Crippen LogP contribution < -0.4 is 5.32 Å². The number of hydrogen-bond acceptors (Lipinski definition) is 5. The van der Waals surface area contributed by atoms with E-state index in [1.165, 1.54) is 334 Å². The van der Waals surface area contributed by atoms with Gasteiger partial charge in [0.05, 0.1) is 25.4 Å². The van der Waals surface area contributed by atoms with E-state index < -0.39 is 12.1 Å². The van der Waals surface area contributed by atoms with E-state index in [-0.39, 0.29) is 18.5 Å². The van der Waals surface area contributed by atoms with Crippen molar-refractivity contribution in [2.45, 2.75) is 411 Å². The number of carbonyl (C=O) groups excluding carboxylic acids is 2. The van der Waals surface area contributed by atoms with E-state index in [1.54, 1.807) is 6.08 Å². The quantitative estimate of drug-likeness (QED) is 0.0320. The van der Waals surface area contributed by atoms with Crippen LogP contribution in [0, 0.1) is 0 Å². The molecule has 0 rings (SSSR count). The molecule has 0 spiro atoms. The molecule has 2 unspecified atom stereocenters. The molecule has 3 N–H and O–H groups in total. The highest BCUT2D eigenvalue weighted by atomic mass is 16.5. The highest BCUT2D eigenvalue weighted by Crippen LogP contribution is 2.19. The third-order valence-electron chi connectivity index (χ3n) is 16.6. The van der Waals surface area contributed by atoms with Gasteiger partial charge in [0.15, 0.2) is 0 Å². The van der Waals surface area contributed by atoms with Gasteiger partial charge in [0.25, 0.3) is 0 Å². The minimum absolute atomic E-state index is 0.0165. The largest absolute Gasteiger partial charge is 0.466 e. The summed E-state index contributed by atoms with van der Waals surface area (Å²) in [6.07, 6.45) is 81.4. The topological polar surface area (TPSA) is 95.9 Å². The molecule has 0 fully saturated rings. The van der Waals surface area contributed by atoms with E-state index in [9.17, 15) is 19.8 Å². The molecule has 6 nitrogen and oxygen atoms in total. The lowest BCUT2D eigenvalue weighted by Crippen LogP contribution is -2.45. The number of carbonyl (C=O) groups is 2. The lowest BCUT2D eigenvalue weighted by Gasteiger charge is -2.20. The third kappa shape index (κ3) is 61.8. The van der Waals surface area contributed by atoms with Crippen molar-refractivity contribution < 1.29 is 24.5 Å². The predicted octanol–water partition coefficient (Wildman–Crippen LogP) is 22.4. The average Bonchev–Trinajstić information content (AvgIpc) is 3.42. The molecule has 0 saturated heterocycles. The van der Waals surface area contributed by atoms with Crippen LogP contribution in [0.4, 0.5) is 0 Å². The molecule has 0 bridgehead atoms. The lowest BCUT2D eigenvalue weighted by atomic mass is 10.0. The van der Waals surface area contributed by atoms with Crippen molar-refractivity contribution in [3.8, 4) is 0 Å². The fraction of sp³-hybridized carbons (Fsp3) is 0.943. The van der Waals surface area contributed by atoms with Gasteiger partial charge in [0.2, 0.25) is 5.91 Å². The van der Waals surface area contributed by atoms with Gasteiger partial charge in [-0.25, -0.2) is 0 Å². The van der Waals surface area contributed by atoms with Gasteiger partial charge in [-0.2, -0.15) is 0 Å². The lowest BCUT2D eigenvalue weighted by molar-refractivity contribution is -0.143. The molecule has 0 aliphatic carbocycles. The molecule has 76 heavy (non-hydrogen) atoms. The van der Waals surface area contributed by atoms with E-state index in [2.05, 4.69) is 19.2 Å². The monoisotopic (exact) mass is 1070 g/mol. The van der Waals surface area contributed by atoms with Crippen molar-refractivity contribution in [3.63, 3.8) is 0 Å². The zero-order chi connectivity index (χ0) is 55.0. The van der Waals surface area contributed by atoms with Crippen molar-refractivity contribution in [1.82, 2.24) is 5.32 Å². The van der Waals surface area contributed by atoms with Crippen LogP contribution in [-0.4, -0.2) is 47.4 Å². The zero-order valence-electron chi connectivity index (χ0n) is 51.8. The summed E-state index contributed by atoms with van der Waals surface area (Å²) in [6.45, 7) is 4.95. The second kappa shape index (κ2) is 66.1. The zero-order valence-corrected chi connectivity index (χ0v) is 51.8. The Labute approximate surface area is 476 Å². The van der Waals surface area contributed by atoms with Crippen LogP contribution in [0.25, 0.3) is 0 Å². The van der Waals surface area contributed by atoms with Crippen molar-refractivity contribution >= 4 is 11.9 Å². The highest BCUT2D eigenvalue weighted by molar-refractivity contribution is 5.76. The molecule has 0 heterocycles. The van der Waals surface area contributed by atoms with Crippen molar-refractivity contribution in [2.75, 3.05) is 13.2 Å². The number of aliphatic hydroxyl groups excluding tert-OH is 2. The van der Waals surface area contributed by atoms with Crippen LogP contribution in [0.15, 0.2) is 12.2 Å². The molecule has 0 aromatic carbocycles. The van der Waals surface area contributed by atoms with E-state index in [0.717, 1.165) is 38.5 Å². The molecular formula is C70H137NO5. The second-order valence-electron chi connectivity index (χ2n) is 24.2. The number of amides is 1. The first kappa shape index (κ1) is 74.6. The van der Waals surface area contributed by atoms with Gasteiger partial charge in [-0.3, -0.25) is 9.59 Å². The number of allylic oxidation sites excluding steroid dienone is 1. The number of aliphatic hydroxyl groups is 2. The van der Waals surface area contributed by atoms with Crippen LogP contribution >= 0.6 is 0 Å². The smallest absolute Gasteiger partial charge is 0.305 e. The van der Waals surface area contributed by atoms with Gasteiger partial charge in [0, 0.05) is 12.8 Å². The van der Waals surface area contributed by atoms with Crippen LogP contribution in [0.3, 0.4) is 0 Å². The summed E-state index contributed by atoms with van der Waals surface area (Å²) < 4.78 is 5.50. The standard InChI is InChI=1S/C70H137NO5/c1-3-5-7-9-11-13-15-17-19-21-22-24-27-31-34-38-42-46-50-54-58-62-68(73)67(66-72)71-69(74)63-59-55-51-47-43-39-35-32-28-25-23-26-29-33-37-41-45-49-53-57-61-65-76-70(75)64-60-56-52-48-44-40-36-30-20-18-16-14-12-10-8-6-4-2/h58,62,67-68,72-73H,3-57,59-61,63-66H2,1-2H3,(H,71,74)/b62-58+. The molecule has 0 aliphatic rings. The molecule has 6 heteroatoms. The Balaban J connectivity index is 3.39. The number of unbranched alkanes of at least 4 members (excludes halogenated alkanes) is 55. The van der Waals surface area contributed by atoms with E-state index >= 15 is 0 Å². The molecule has 0 aromatic heterocycles. The minimum Gasteiger partial charge on any atom is -0.466 e. The fourth-order valence-electron chi connectivity index (χ4n) is 11.2. The Bertz CT molecular complexity index is 1140. The van der Waals surface area contributed by atoms with Crippen LogP contribution in [0.2, 0.25) is 0 Å². The molecule has 0 saturated carbocycles. The summed E-state index contributed by atoms with van der Waals surface area (Å²) in [4.78, 5) is 24.6. The highest BCUT2D eigenvalue weighted by Gasteiger charge is 2.18. The normalized spacial score (nSPS) is 12.5. The van der Waals surface area contributed by atoms with Gasteiger partial charge in [-0.05, 0) is 32.1 Å². The number of ether oxygens (including phenoxy) is 1. The van der Waals surface area contributed by atoms with Crippen LogP contribution in [0.1, 0.15) is 399 Å². The first-order chi connectivity index (χ1) is 37.5. The van der Waals surface area contributed by atoms with Gasteiger partial charge < -0.3 is 20.3 Å². The van der Waals surface area contributed by atoms with Gasteiger partial charge >= 0.3 is 5.97 Å². The summed E-state index contributed by atoms with van der Waals surface area (Å²) in [5.74, 6) is -0.0478. The van der Waals surface area contributed by atoms with E-state index in [0.29, 0.717) is 19.4 Å². The van der Waals surface area contributed by atoms with E-state index in [1.807, 2.05) is 6.08 Å². The summed E-state index contributed by atoms with van der Waals surface area (Å²) >= 11 is 0. The Kier molecular flexibility index (Phi) is 64.9. The molecular weight excluding hydrogens is 935 g/mol. The Hall–Kier alpha value is -1.40. The minimum atomic E-state index is -0.845. The molecule has 1 amide bonds. The van der Waals surface area contributed by atoms with Crippen molar-refractivity contribution in [1.29, 1.82) is 0 Å². The van der Waals surface area contributed by atoms with Gasteiger partial charge in [-0.15, -0.1) is 0 Å². The van der Waals surface area contributed by atoms with Crippen LogP contribution in [-0.2, 0) is 14.3 Å². The Morgan fingerprint density at radius 3 is 0.895 bits per heavy atom. The molecule has 2 atom stereocenters. The van der Waals surface area contributed by atoms with Crippen LogP contribution in [0.5, 0.6) is 0 Å².